The van der Waals surface area contributed by atoms with E-state index >= 15 is 0 Å². The smallest absolute Gasteiger partial charge is 0.308 e. The van der Waals surface area contributed by atoms with Gasteiger partial charge in [0.2, 0.25) is 0 Å². The van der Waals surface area contributed by atoms with Gasteiger partial charge >= 0.3 is 11.9 Å². The van der Waals surface area contributed by atoms with Gasteiger partial charge in [0, 0.05) is 0 Å². The lowest BCUT2D eigenvalue weighted by Gasteiger charge is -2.26. The topological polar surface area (TPSA) is 52.6 Å². The number of ether oxygens (including phenoxy) is 2. The molecule has 1 rings (SSSR count). The molecule has 0 heterocycles. The van der Waals surface area contributed by atoms with Crippen molar-refractivity contribution in [2.45, 2.75) is 98.3 Å². The molecule has 1 saturated carbocycles. The zero-order valence-corrected chi connectivity index (χ0v) is 18.1. The van der Waals surface area contributed by atoms with Crippen LogP contribution in [0.15, 0.2) is 0 Å². The summed E-state index contributed by atoms with van der Waals surface area (Å²) in [5.74, 6) is 1.21. The molecule has 0 spiro atoms. The zero-order chi connectivity index (χ0) is 20.1. The maximum absolute atomic E-state index is 12.2. The quantitative estimate of drug-likeness (QED) is 0.293. The first-order valence-electron chi connectivity index (χ1n) is 11.2. The highest BCUT2D eigenvalue weighted by Crippen LogP contribution is 2.30. The number of carbonyl (C=O) groups excluding carboxylic acids is 2. The Bertz CT molecular complexity index is 409. The van der Waals surface area contributed by atoms with Crippen molar-refractivity contribution in [1.29, 1.82) is 0 Å². The number of esters is 2. The minimum atomic E-state index is -0.0769. The van der Waals surface area contributed by atoms with Gasteiger partial charge in [0.1, 0.15) is 0 Å². The van der Waals surface area contributed by atoms with Crippen LogP contribution in [-0.4, -0.2) is 25.2 Å². The SMILES string of the molecule is CC(C)CCCCCCOC(=O)C1CCC(C(=O)OCCCC(C)C)CC1. The van der Waals surface area contributed by atoms with E-state index in [1.54, 1.807) is 0 Å². The molecule has 0 saturated heterocycles. The maximum atomic E-state index is 12.2. The van der Waals surface area contributed by atoms with Crippen molar-refractivity contribution in [3.05, 3.63) is 0 Å². The second-order valence-corrected chi connectivity index (χ2v) is 9.02. The Morgan fingerprint density at radius 1 is 0.667 bits per heavy atom. The largest absolute Gasteiger partial charge is 0.465 e. The van der Waals surface area contributed by atoms with E-state index in [1.165, 1.54) is 19.3 Å². The Labute approximate surface area is 166 Å². The van der Waals surface area contributed by atoms with Crippen molar-refractivity contribution in [3.63, 3.8) is 0 Å². The summed E-state index contributed by atoms with van der Waals surface area (Å²) >= 11 is 0. The van der Waals surface area contributed by atoms with Crippen LogP contribution in [0.25, 0.3) is 0 Å². The summed E-state index contributed by atoms with van der Waals surface area (Å²) in [5.41, 5.74) is 0. The predicted molar refractivity (Wildman–Crippen MR) is 109 cm³/mol. The van der Waals surface area contributed by atoms with Crippen molar-refractivity contribution in [3.8, 4) is 0 Å². The summed E-state index contributed by atoms with van der Waals surface area (Å²) in [6.45, 7) is 9.92. The Morgan fingerprint density at radius 3 is 1.56 bits per heavy atom. The summed E-state index contributed by atoms with van der Waals surface area (Å²) < 4.78 is 10.9. The number of carbonyl (C=O) groups is 2. The molecule has 1 fully saturated rings. The van der Waals surface area contributed by atoms with Crippen LogP contribution in [0.3, 0.4) is 0 Å². The van der Waals surface area contributed by atoms with Crippen molar-refractivity contribution in [2.75, 3.05) is 13.2 Å². The summed E-state index contributed by atoms with van der Waals surface area (Å²) in [7, 11) is 0. The van der Waals surface area contributed by atoms with Gasteiger partial charge in [-0.2, -0.15) is 0 Å². The summed E-state index contributed by atoms with van der Waals surface area (Å²) in [5, 5.41) is 0. The average Bonchev–Trinajstić information content (AvgIpc) is 2.63. The fraction of sp³-hybridized carbons (Fsp3) is 0.913. The second kappa shape index (κ2) is 14.0. The van der Waals surface area contributed by atoms with E-state index in [1.807, 2.05) is 0 Å². The molecule has 0 aromatic rings. The molecule has 0 aromatic carbocycles. The van der Waals surface area contributed by atoms with Gasteiger partial charge < -0.3 is 9.47 Å². The van der Waals surface area contributed by atoms with E-state index in [4.69, 9.17) is 9.47 Å². The monoisotopic (exact) mass is 382 g/mol. The molecule has 4 nitrogen and oxygen atoms in total. The van der Waals surface area contributed by atoms with Gasteiger partial charge in [-0.15, -0.1) is 0 Å². The number of hydrogen-bond acceptors (Lipinski definition) is 4. The van der Waals surface area contributed by atoms with E-state index in [-0.39, 0.29) is 23.8 Å². The first kappa shape index (κ1) is 24.0. The minimum Gasteiger partial charge on any atom is -0.465 e. The van der Waals surface area contributed by atoms with Crippen LogP contribution in [0.1, 0.15) is 98.3 Å². The van der Waals surface area contributed by atoms with Crippen LogP contribution >= 0.6 is 0 Å². The zero-order valence-electron chi connectivity index (χ0n) is 18.1. The number of unbranched alkanes of at least 4 members (excludes halogenated alkanes) is 3. The normalized spacial score (nSPS) is 20.1. The van der Waals surface area contributed by atoms with Gasteiger partial charge in [-0.3, -0.25) is 9.59 Å². The molecule has 0 aliphatic heterocycles. The molecule has 0 radical (unpaired) electrons. The molecule has 158 valence electrons. The van der Waals surface area contributed by atoms with Crippen molar-refractivity contribution in [1.82, 2.24) is 0 Å². The molecule has 27 heavy (non-hydrogen) atoms. The van der Waals surface area contributed by atoms with Crippen LogP contribution < -0.4 is 0 Å². The summed E-state index contributed by atoms with van der Waals surface area (Å²) in [4.78, 5) is 24.3. The predicted octanol–water partition coefficient (Wildman–Crippen LogP) is 5.92. The third-order valence-corrected chi connectivity index (χ3v) is 5.48. The molecular formula is C23H42O4. The molecule has 1 aliphatic rings. The molecule has 0 N–H and O–H groups in total. The van der Waals surface area contributed by atoms with Gasteiger partial charge in [-0.05, 0) is 56.8 Å². The number of rotatable bonds is 13. The van der Waals surface area contributed by atoms with E-state index in [9.17, 15) is 9.59 Å². The van der Waals surface area contributed by atoms with E-state index in [2.05, 4.69) is 27.7 Å². The number of hydrogen-bond donors (Lipinski definition) is 0. The van der Waals surface area contributed by atoms with Gasteiger partial charge in [0.15, 0.2) is 0 Å². The van der Waals surface area contributed by atoms with Crippen LogP contribution in [-0.2, 0) is 19.1 Å². The highest BCUT2D eigenvalue weighted by molar-refractivity contribution is 5.75. The Morgan fingerprint density at radius 2 is 1.07 bits per heavy atom. The molecule has 0 unspecified atom stereocenters. The van der Waals surface area contributed by atoms with Crippen molar-refractivity contribution < 1.29 is 19.1 Å². The van der Waals surface area contributed by atoms with Crippen LogP contribution in [0.4, 0.5) is 0 Å². The lowest BCUT2D eigenvalue weighted by Crippen LogP contribution is -2.28. The maximum Gasteiger partial charge on any atom is 0.308 e. The van der Waals surface area contributed by atoms with Gasteiger partial charge in [0.25, 0.3) is 0 Å². The first-order valence-corrected chi connectivity index (χ1v) is 11.2. The van der Waals surface area contributed by atoms with E-state index in [0.717, 1.165) is 57.3 Å². The minimum absolute atomic E-state index is 0.0315. The fourth-order valence-corrected chi connectivity index (χ4v) is 3.65. The molecule has 4 heteroatoms. The van der Waals surface area contributed by atoms with Gasteiger partial charge in [0.05, 0.1) is 25.0 Å². The standard InChI is InChI=1S/C23H42O4/c1-18(2)10-7-5-6-8-16-26-22(24)20-12-14-21(15-13-20)23(25)27-17-9-11-19(3)4/h18-21H,5-17H2,1-4H3. The summed E-state index contributed by atoms with van der Waals surface area (Å²) in [6.07, 6.45) is 10.9. The van der Waals surface area contributed by atoms with Gasteiger partial charge in [-0.25, -0.2) is 0 Å². The highest BCUT2D eigenvalue weighted by Gasteiger charge is 2.31. The Hall–Kier alpha value is -1.06. The van der Waals surface area contributed by atoms with Crippen LogP contribution in [0.5, 0.6) is 0 Å². The van der Waals surface area contributed by atoms with Crippen molar-refractivity contribution >= 4 is 11.9 Å². The molecule has 0 bridgehead atoms. The fourth-order valence-electron chi connectivity index (χ4n) is 3.65. The van der Waals surface area contributed by atoms with Gasteiger partial charge in [-0.1, -0.05) is 53.4 Å². The van der Waals surface area contributed by atoms with E-state index in [0.29, 0.717) is 19.1 Å². The first-order chi connectivity index (χ1) is 12.9. The van der Waals surface area contributed by atoms with Crippen molar-refractivity contribution in [2.24, 2.45) is 23.7 Å². The third-order valence-electron chi connectivity index (χ3n) is 5.48. The molecule has 0 amide bonds. The average molecular weight is 383 g/mol. The lowest BCUT2D eigenvalue weighted by atomic mass is 9.82. The third kappa shape index (κ3) is 11.4. The molecule has 0 atom stereocenters. The van der Waals surface area contributed by atoms with Crippen LogP contribution in [0.2, 0.25) is 0 Å². The summed E-state index contributed by atoms with van der Waals surface area (Å²) in [6, 6.07) is 0. The Balaban J connectivity index is 2.08. The Kier molecular flexibility index (Phi) is 12.4. The molecular weight excluding hydrogens is 340 g/mol. The lowest BCUT2D eigenvalue weighted by molar-refractivity contribution is -0.155. The molecule has 1 aliphatic carbocycles. The van der Waals surface area contributed by atoms with Crippen LogP contribution in [0, 0.1) is 23.7 Å². The molecule has 0 aromatic heterocycles. The highest BCUT2D eigenvalue weighted by atomic mass is 16.5. The second-order valence-electron chi connectivity index (χ2n) is 9.02. The van der Waals surface area contributed by atoms with E-state index < -0.39 is 0 Å².